The van der Waals surface area contributed by atoms with Gasteiger partial charge in [0.15, 0.2) is 0 Å². The van der Waals surface area contributed by atoms with Gasteiger partial charge in [0, 0.05) is 26.3 Å². The maximum Gasteiger partial charge on any atom is 0.0160 e. The first-order chi connectivity index (χ1) is 32.5. The van der Waals surface area contributed by atoms with Crippen LogP contribution in [0.2, 0.25) is 11.5 Å². The number of furan rings is 1. The maximum atomic E-state index is 8.87. The molecule has 0 N–H and O–H groups in total. The Balaban J connectivity index is 0.000000428. The van der Waals surface area contributed by atoms with Crippen molar-refractivity contribution in [3.63, 3.8) is 0 Å². The first-order valence-corrected chi connectivity index (χ1v) is 29.4. The summed E-state index contributed by atoms with van der Waals surface area (Å²) in [6, 6.07) is 63.3. The summed E-state index contributed by atoms with van der Waals surface area (Å²) in [4.78, 5) is 9.58. The molecule has 4 nitrogen and oxygen atoms in total. The summed E-state index contributed by atoms with van der Waals surface area (Å²) in [7, 11) is 0. The van der Waals surface area contributed by atoms with Crippen LogP contribution in [0.3, 0.4) is 0 Å². The molecule has 0 aliphatic carbocycles. The zero-order chi connectivity index (χ0) is 48.0. The molecule has 0 aliphatic rings. The Morgan fingerprint density at radius 3 is 2.01 bits per heavy atom. The topological polar surface area (TPSA) is 43.9 Å². The van der Waals surface area contributed by atoms with E-state index in [0.29, 0.717) is 0 Å². The second-order valence-corrected chi connectivity index (χ2v) is 28.7. The number of aromatic nitrogens is 3. The predicted molar refractivity (Wildman–Crippen MR) is 281 cm³/mol. The van der Waals surface area contributed by atoms with E-state index in [4.69, 9.17) is 12.1 Å². The molecule has 0 amide bonds. The molecule has 0 fully saturated rings. The Hall–Kier alpha value is -5.85. The third kappa shape index (κ3) is 9.93. The Morgan fingerprint density at radius 2 is 1.36 bits per heavy atom. The number of imidazole rings is 1. The minimum Gasteiger partial charge on any atom is -0.305 e. The molecule has 339 valence electrons. The molecule has 1 radical (unpaired) electrons. The van der Waals surface area contributed by atoms with E-state index in [2.05, 4.69) is 158 Å². The normalized spacial score (nSPS) is 12.5. The SMILES string of the molecule is [2H]C([2H])(c1cc[c]([Ge]([CH3])([CH3])[c]2cc(C(C)C)c(-n3c(-c4[c-]ccc5c4oc4cc(-c6ccccc6)ccc45)nc4ccccc43)c(C(C)C)c2)cc1)C(C)(C)C.[Ir].[c-]1ccccc1-c1ccccn1. The van der Waals surface area contributed by atoms with E-state index in [1.807, 2.05) is 87.5 Å². The molecule has 3 aromatic heterocycles. The fraction of sp³-hybridized carbons (Fsp3) is 0.213. The molecule has 7 aromatic carbocycles. The zero-order valence-corrected chi connectivity index (χ0v) is 44.4. The van der Waals surface area contributed by atoms with Crippen molar-refractivity contribution in [1.29, 1.82) is 0 Å². The van der Waals surface area contributed by atoms with Gasteiger partial charge in [-0.2, -0.15) is 0 Å². The molecule has 0 unspecified atom stereocenters. The zero-order valence-electron chi connectivity index (χ0n) is 41.9. The molecule has 0 saturated carbocycles. The predicted octanol–water partition coefficient (Wildman–Crippen LogP) is 15.3. The van der Waals surface area contributed by atoms with Gasteiger partial charge in [-0.25, -0.2) is 0 Å². The molecular formula is C61H59GeIrN3O-2. The van der Waals surface area contributed by atoms with Crippen LogP contribution in [-0.4, -0.2) is 27.8 Å². The third-order valence-electron chi connectivity index (χ3n) is 12.5. The van der Waals surface area contributed by atoms with Gasteiger partial charge >= 0.3 is 292 Å². The van der Waals surface area contributed by atoms with Crippen molar-refractivity contribution < 1.29 is 27.3 Å². The van der Waals surface area contributed by atoms with Crippen LogP contribution in [0.4, 0.5) is 0 Å². The average Bonchev–Trinajstić information content (AvgIpc) is 3.92. The number of hydrogen-bond donors (Lipinski definition) is 0. The van der Waals surface area contributed by atoms with E-state index in [-0.39, 0.29) is 31.9 Å². The quantitative estimate of drug-likeness (QED) is 0.107. The van der Waals surface area contributed by atoms with Gasteiger partial charge in [0.05, 0.1) is 0 Å². The number of fused-ring (bicyclic) bond motifs is 4. The first kappa shape index (κ1) is 45.0. The van der Waals surface area contributed by atoms with E-state index in [1.165, 1.54) is 25.6 Å². The van der Waals surface area contributed by atoms with E-state index in [1.54, 1.807) is 6.20 Å². The van der Waals surface area contributed by atoms with Crippen LogP contribution in [0.5, 0.6) is 0 Å². The summed E-state index contributed by atoms with van der Waals surface area (Å²) >= 11 is -2.89. The number of hydrogen-bond acceptors (Lipinski definition) is 3. The standard InChI is InChI=1S/C50H51GeN2O.C11H8N.Ir/c1-32(2)42-29-38(51(8,9)37-25-22-34(23-26-37)31-50(5,6)7)30-43(33(3)4)47(42)53-45-21-14-13-20-44(45)52-49(53)41-19-15-18-40-39-27-24-36(28-46(39)54-48(40)41)35-16-11-10-12-17-35;1-2-6-10(7-3-1)11-8-4-5-9-12-11;/h10-18,20-30,32-33H,31H2,1-9H3;1-6,8-9H;/q2*-1;/i31D2;;. The van der Waals surface area contributed by atoms with Crippen molar-refractivity contribution in [1.82, 2.24) is 14.5 Å². The van der Waals surface area contributed by atoms with E-state index < -0.39 is 25.1 Å². The number of benzene rings is 7. The fourth-order valence-corrected chi connectivity index (χ4v) is 13.9. The number of rotatable bonds is 9. The van der Waals surface area contributed by atoms with Crippen LogP contribution in [0.15, 0.2) is 174 Å². The van der Waals surface area contributed by atoms with Crippen LogP contribution in [0.25, 0.3) is 72.4 Å². The molecule has 0 saturated heterocycles. The minimum atomic E-state index is -2.89. The van der Waals surface area contributed by atoms with Crippen molar-refractivity contribution in [3.05, 3.63) is 199 Å². The van der Waals surface area contributed by atoms with Gasteiger partial charge in [0.2, 0.25) is 0 Å². The summed E-state index contributed by atoms with van der Waals surface area (Å²) in [5.41, 5.74) is 12.7. The van der Waals surface area contributed by atoms with Crippen LogP contribution in [-0.2, 0) is 26.5 Å². The summed E-state index contributed by atoms with van der Waals surface area (Å²) in [6.07, 6.45) is 0.358. The van der Waals surface area contributed by atoms with Crippen molar-refractivity contribution in [2.45, 2.75) is 78.2 Å². The van der Waals surface area contributed by atoms with Gasteiger partial charge in [0.1, 0.15) is 0 Å². The van der Waals surface area contributed by atoms with Gasteiger partial charge < -0.3 is 4.98 Å². The number of para-hydroxylation sites is 2. The van der Waals surface area contributed by atoms with Crippen LogP contribution in [0, 0.1) is 17.5 Å². The van der Waals surface area contributed by atoms with Crippen LogP contribution >= 0.6 is 0 Å². The van der Waals surface area contributed by atoms with Gasteiger partial charge in [0.25, 0.3) is 0 Å². The molecular weight excluding hydrogens is 1060 g/mol. The van der Waals surface area contributed by atoms with E-state index in [0.717, 1.165) is 72.3 Å². The summed E-state index contributed by atoms with van der Waals surface area (Å²) in [6.45, 7) is 15.1. The van der Waals surface area contributed by atoms with Crippen LogP contribution in [0.1, 0.15) is 79.7 Å². The van der Waals surface area contributed by atoms with Crippen molar-refractivity contribution in [2.24, 2.45) is 5.41 Å². The Morgan fingerprint density at radius 1 is 0.672 bits per heavy atom. The van der Waals surface area contributed by atoms with E-state index >= 15 is 0 Å². The molecule has 67 heavy (non-hydrogen) atoms. The summed E-state index contributed by atoms with van der Waals surface area (Å²) < 4.78 is 29.7. The molecule has 10 aromatic rings. The second-order valence-electron chi connectivity index (χ2n) is 19.4. The molecule has 0 spiro atoms. The maximum absolute atomic E-state index is 8.87. The van der Waals surface area contributed by atoms with Crippen molar-refractivity contribution in [2.75, 3.05) is 0 Å². The van der Waals surface area contributed by atoms with Gasteiger partial charge in [-0.1, -0.05) is 42.5 Å². The monoisotopic (exact) mass is 1120 g/mol. The summed E-state index contributed by atoms with van der Waals surface area (Å²) in [5.74, 6) is 6.22. The average molecular weight is 1120 g/mol. The first-order valence-electron chi connectivity index (χ1n) is 24.1. The molecule has 10 rings (SSSR count). The van der Waals surface area contributed by atoms with Gasteiger partial charge in [-0.05, 0) is 17.3 Å². The van der Waals surface area contributed by atoms with Crippen molar-refractivity contribution in [3.8, 4) is 39.5 Å². The van der Waals surface area contributed by atoms with Gasteiger partial charge in [-0.15, -0.1) is 35.9 Å². The molecule has 3 heterocycles. The summed E-state index contributed by atoms with van der Waals surface area (Å²) in [5, 5.41) is 2.12. The minimum absolute atomic E-state index is 0. The Bertz CT molecular complexity index is 3310. The number of nitrogens with zero attached hydrogens (tertiary/aromatic N) is 3. The Kier molecular flexibility index (Phi) is 13.3. The molecule has 0 bridgehead atoms. The van der Waals surface area contributed by atoms with Crippen LogP contribution < -0.4 is 8.79 Å². The third-order valence-corrected chi connectivity index (χ3v) is 19.8. The van der Waals surface area contributed by atoms with Gasteiger partial charge in [-0.3, -0.25) is 0 Å². The molecule has 6 heteroatoms. The smallest absolute Gasteiger partial charge is 0.0160 e. The molecule has 0 atom stereocenters. The second kappa shape index (κ2) is 19.8. The van der Waals surface area contributed by atoms with Crippen molar-refractivity contribution >= 4 is 55.0 Å². The number of pyridine rings is 1. The largest absolute Gasteiger partial charge is 0.305 e. The molecule has 0 aliphatic heterocycles. The fourth-order valence-electron chi connectivity index (χ4n) is 8.96. The Labute approximate surface area is 416 Å². The van der Waals surface area contributed by atoms with E-state index in [9.17, 15) is 0 Å².